The van der Waals surface area contributed by atoms with Crippen LogP contribution in [0.25, 0.3) is 10.4 Å². The molecule has 8 heterocycles. The Morgan fingerprint density at radius 1 is 0.540 bits per heavy atom. The molecular weight excluding hydrogens is 1130 g/mol. The Morgan fingerprint density at radius 3 is 1.30 bits per heavy atom. The number of aliphatic hydroxyl groups excluding tert-OH is 1. The average molecular weight is 1200 g/mol. The molecule has 0 saturated carbocycles. The molecule has 87 heavy (non-hydrogen) atoms. The number of pyridine rings is 7. The molecule has 0 bridgehead atoms. The summed E-state index contributed by atoms with van der Waals surface area (Å²) in [6.07, 6.45) is 9.73. The van der Waals surface area contributed by atoms with Crippen LogP contribution in [0.2, 0.25) is 0 Å². The van der Waals surface area contributed by atoms with E-state index in [4.69, 9.17) is 42.2 Å². The zero-order valence-corrected chi connectivity index (χ0v) is 48.0. The number of carbonyl (C=O) groups excluding carboxylic acids is 7. The largest absolute Gasteiger partial charge is 0.478 e. The van der Waals surface area contributed by atoms with Crippen LogP contribution < -0.4 is 16.8 Å². The Morgan fingerprint density at radius 2 is 0.920 bits per heavy atom. The summed E-state index contributed by atoms with van der Waals surface area (Å²) in [6.45, 7) is 11.5. The van der Waals surface area contributed by atoms with Crippen LogP contribution in [0.4, 0.5) is 4.79 Å². The number of Topliss-reactive ketones (excluding diaryl/α,β-unsaturated/α-hetero) is 4. The molecule has 0 unspecified atom stereocenters. The number of ketones is 4. The van der Waals surface area contributed by atoms with Gasteiger partial charge in [-0.2, -0.15) is 0 Å². The minimum absolute atomic E-state index is 0.00463. The molecular formula is C58H61N13O16. The number of carboxylic acid groups (broad SMARTS) is 3. The van der Waals surface area contributed by atoms with Gasteiger partial charge in [-0.25, -0.2) is 43.7 Å². The van der Waals surface area contributed by atoms with E-state index >= 15 is 0 Å². The van der Waals surface area contributed by atoms with Crippen LogP contribution in [0.15, 0.2) is 133 Å². The van der Waals surface area contributed by atoms with Crippen LogP contribution in [0.1, 0.15) is 170 Å². The molecule has 0 atom stereocenters. The first-order chi connectivity index (χ1) is 41.2. The molecule has 0 fully saturated rings. The highest BCUT2D eigenvalue weighted by atomic mass is 16.6. The smallest absolute Gasteiger partial charge is 0.407 e. The number of esters is 2. The van der Waals surface area contributed by atoms with Crippen molar-refractivity contribution in [3.8, 4) is 0 Å². The summed E-state index contributed by atoms with van der Waals surface area (Å²) < 4.78 is 9.33. The molecule has 7 aromatic rings. The standard InChI is InChI=1S/C12H16N2O4.C8H8N4O.C8H10N2O.C8H7NO3.C8H9NO2.C7H8N2O2.C7H3NO3/c1-12(2,3)18-11(17)14-7-8-5-4-6-13-9(8)10(15)16;1-6(13)8-7(5-11-12-9)3-2-4-10-8;1-6(11)8-7(5-9)3-2-4-10-8;1-5(10)7-6(8(11)12)3-2-4-9-7;1-6(11)8-7(5-10)3-2-4-9-8;8-4-5-2-1-3-9-6(5)7(10)11;9-6-4-2-1-3-8-5(4)7(10)11-6/h4-6H,7H2,1-3H3,(H,14,17)(H,15,16);2-4H,5H2,1H3;2-4H,5,9H2,1H3;2-4H,1H3,(H,11,12);2-4,10H,5H2,1H3;1-3H,4,8H2,(H,10,11);1-3H. The number of aliphatic hydroxyl groups is 1. The quantitative estimate of drug-likeness (QED) is 0.0143. The summed E-state index contributed by atoms with van der Waals surface area (Å²) in [7, 11) is 0. The molecule has 8 rings (SSSR count). The lowest BCUT2D eigenvalue weighted by atomic mass is 10.1. The van der Waals surface area contributed by atoms with Gasteiger partial charge < -0.3 is 46.7 Å². The molecule has 454 valence electrons. The third-order valence-corrected chi connectivity index (χ3v) is 10.4. The third kappa shape index (κ3) is 25.0. The number of carboxylic acids is 3. The molecule has 9 N–H and O–H groups in total. The Labute approximate surface area is 496 Å². The van der Waals surface area contributed by atoms with Gasteiger partial charge in [0, 0.05) is 107 Å². The fourth-order valence-electron chi connectivity index (χ4n) is 6.62. The van der Waals surface area contributed by atoms with Crippen molar-refractivity contribution in [3.05, 3.63) is 218 Å². The van der Waals surface area contributed by atoms with E-state index in [0.717, 1.165) is 5.56 Å². The van der Waals surface area contributed by atoms with E-state index in [2.05, 4.69) is 55.0 Å². The highest BCUT2D eigenvalue weighted by molar-refractivity contribution is 6.13. The summed E-state index contributed by atoms with van der Waals surface area (Å²) in [5, 5.41) is 40.7. The van der Waals surface area contributed by atoms with Crippen molar-refractivity contribution in [2.75, 3.05) is 0 Å². The van der Waals surface area contributed by atoms with E-state index in [1.807, 2.05) is 6.07 Å². The number of rotatable bonds is 14. The zero-order chi connectivity index (χ0) is 65.2. The zero-order valence-electron chi connectivity index (χ0n) is 48.0. The molecule has 7 aromatic heterocycles. The first-order valence-electron chi connectivity index (χ1n) is 25.3. The monoisotopic (exact) mass is 1200 g/mol. The molecule has 0 aromatic carbocycles. The van der Waals surface area contributed by atoms with Gasteiger partial charge in [-0.1, -0.05) is 35.4 Å². The molecule has 0 aliphatic carbocycles. The van der Waals surface area contributed by atoms with Crippen molar-refractivity contribution in [1.29, 1.82) is 0 Å². The van der Waals surface area contributed by atoms with E-state index in [1.54, 1.807) is 87.6 Å². The van der Waals surface area contributed by atoms with Gasteiger partial charge in [-0.3, -0.25) is 39.1 Å². The van der Waals surface area contributed by atoms with Gasteiger partial charge in [0.05, 0.1) is 24.3 Å². The van der Waals surface area contributed by atoms with Gasteiger partial charge in [0.1, 0.15) is 28.4 Å². The number of azide groups is 1. The Balaban J connectivity index is 0.000000349. The molecule has 1 aliphatic rings. The summed E-state index contributed by atoms with van der Waals surface area (Å²) in [5.74, 6) is -5.18. The van der Waals surface area contributed by atoms with Crippen LogP contribution in [-0.2, 0) is 42.3 Å². The Bertz CT molecular complexity index is 3420. The number of aromatic carboxylic acids is 3. The summed E-state index contributed by atoms with van der Waals surface area (Å²) in [6, 6.07) is 22.8. The summed E-state index contributed by atoms with van der Waals surface area (Å²) >= 11 is 0. The number of nitrogens with two attached hydrogens (primary N) is 2. The minimum atomic E-state index is -1.13. The molecule has 29 heteroatoms. The second-order valence-electron chi connectivity index (χ2n) is 18.0. The van der Waals surface area contributed by atoms with E-state index in [-0.39, 0.29) is 83.3 Å². The SMILES string of the molecule is CC(=O)c1ncccc1C(=O)O.CC(=O)c1ncccc1CN.CC(=O)c1ncccc1CN=[N+]=[N-].CC(=O)c1ncccc1CO.CC(C)(C)OC(=O)NCc1cccnc1C(=O)O.NCc1cccnc1C(=O)O.O=C1OC(=O)c2ncccc21. The number of hydrogen-bond donors (Lipinski definition) is 7. The number of aromatic nitrogens is 7. The van der Waals surface area contributed by atoms with E-state index < -0.39 is 41.5 Å². The Hall–Kier alpha value is -11.3. The second kappa shape index (κ2) is 37.0. The fourth-order valence-corrected chi connectivity index (χ4v) is 6.62. The number of nitrogens with one attached hydrogen (secondary N) is 1. The van der Waals surface area contributed by atoms with Crippen LogP contribution in [-0.4, -0.2) is 120 Å². The molecule has 29 nitrogen and oxygen atoms in total. The van der Waals surface area contributed by atoms with Crippen LogP contribution >= 0.6 is 0 Å². The van der Waals surface area contributed by atoms with Crippen LogP contribution in [0, 0.1) is 0 Å². The number of amides is 1. The van der Waals surface area contributed by atoms with E-state index in [1.165, 1.54) is 83.1 Å². The fraction of sp³-hybridized carbons (Fsp3) is 0.224. The number of fused-ring (bicyclic) bond motifs is 1. The highest BCUT2D eigenvalue weighted by Crippen LogP contribution is 2.16. The molecule has 1 aliphatic heterocycles. The van der Waals surface area contributed by atoms with Crippen molar-refractivity contribution >= 4 is 59.1 Å². The van der Waals surface area contributed by atoms with Crippen molar-refractivity contribution < 1.29 is 77.8 Å². The first-order valence-corrected chi connectivity index (χ1v) is 25.3. The van der Waals surface area contributed by atoms with Gasteiger partial charge in [0.25, 0.3) is 0 Å². The van der Waals surface area contributed by atoms with Gasteiger partial charge in [0.2, 0.25) is 0 Å². The third-order valence-electron chi connectivity index (χ3n) is 10.4. The predicted molar refractivity (Wildman–Crippen MR) is 308 cm³/mol. The first kappa shape index (κ1) is 71.8. The number of cyclic esters (lactones) is 2. The minimum Gasteiger partial charge on any atom is -0.478 e. The maximum Gasteiger partial charge on any atom is 0.407 e. The molecule has 0 radical (unpaired) electrons. The Kier molecular flexibility index (Phi) is 30.6. The number of hydrogen-bond acceptors (Lipinski definition) is 23. The maximum atomic E-state index is 11.4. The maximum absolute atomic E-state index is 11.4. The molecule has 0 spiro atoms. The highest BCUT2D eigenvalue weighted by Gasteiger charge is 2.30. The predicted octanol–water partition coefficient (Wildman–Crippen LogP) is 7.03. The van der Waals surface area contributed by atoms with E-state index in [9.17, 15) is 47.9 Å². The van der Waals surface area contributed by atoms with Crippen LogP contribution in [0.5, 0.6) is 0 Å². The van der Waals surface area contributed by atoms with Gasteiger partial charge in [-0.05, 0) is 97.6 Å². The molecule has 1 amide bonds. The van der Waals surface area contributed by atoms with Crippen LogP contribution in [0.3, 0.4) is 0 Å². The van der Waals surface area contributed by atoms with Crippen molar-refractivity contribution in [2.45, 2.75) is 86.9 Å². The van der Waals surface area contributed by atoms with E-state index in [0.29, 0.717) is 45.9 Å². The molecule has 0 saturated heterocycles. The number of alkyl carbamates (subject to hydrolysis) is 1. The number of nitrogens with zero attached hydrogens (tertiary/aromatic N) is 10. The van der Waals surface area contributed by atoms with Crippen molar-refractivity contribution in [1.82, 2.24) is 40.2 Å². The van der Waals surface area contributed by atoms with Crippen molar-refractivity contribution in [2.24, 2.45) is 16.6 Å². The summed E-state index contributed by atoms with van der Waals surface area (Å²) in [5.41, 5.74) is 22.7. The lowest BCUT2D eigenvalue weighted by Crippen LogP contribution is -2.32. The van der Waals surface area contributed by atoms with Crippen molar-refractivity contribution in [3.63, 3.8) is 0 Å². The second-order valence-corrected chi connectivity index (χ2v) is 18.0. The number of carbonyl (C=O) groups is 10. The lowest BCUT2D eigenvalue weighted by Gasteiger charge is -2.19. The lowest BCUT2D eigenvalue weighted by molar-refractivity contribution is 0.0437. The van der Waals surface area contributed by atoms with Gasteiger partial charge >= 0.3 is 35.9 Å². The van der Waals surface area contributed by atoms with Gasteiger partial charge in [0.15, 0.2) is 40.2 Å². The van der Waals surface area contributed by atoms with Gasteiger partial charge in [-0.15, -0.1) is 0 Å². The average Bonchev–Trinajstić information content (AvgIpc) is 2.81. The number of ether oxygens (including phenoxy) is 2. The summed E-state index contributed by atoms with van der Waals surface area (Å²) in [4.78, 5) is 138. The normalized spacial score (nSPS) is 10.4. The topological polar surface area (TPSA) is 473 Å².